The van der Waals surface area contributed by atoms with Gasteiger partial charge in [-0.2, -0.15) is 0 Å². The van der Waals surface area contributed by atoms with E-state index in [-0.39, 0.29) is 23.0 Å². The third-order valence-corrected chi connectivity index (χ3v) is 5.04. The van der Waals surface area contributed by atoms with Crippen molar-refractivity contribution in [3.05, 3.63) is 63.7 Å². The van der Waals surface area contributed by atoms with Gasteiger partial charge in [-0.25, -0.2) is 0 Å². The standard InChI is InChI=1S/C20H21N3O5/c1-28-16-5-2-13(3-6-16)19(24)14-8-10-22(11-9-14)17-7-4-15(20(21)25)12-18(17)23(26)27/h2-7,12,14H,8-11H2,1H3,(H2,21,25). The van der Waals surface area contributed by atoms with Gasteiger partial charge in [-0.1, -0.05) is 0 Å². The first-order valence-electron chi connectivity index (χ1n) is 8.92. The smallest absolute Gasteiger partial charge is 0.293 e. The number of piperidine rings is 1. The Morgan fingerprint density at radius 1 is 1.11 bits per heavy atom. The number of methoxy groups -OCH3 is 1. The van der Waals surface area contributed by atoms with Crippen LogP contribution in [-0.4, -0.2) is 36.8 Å². The summed E-state index contributed by atoms with van der Waals surface area (Å²) in [6.07, 6.45) is 1.19. The number of hydrogen-bond donors (Lipinski definition) is 1. The number of ether oxygens (including phenoxy) is 1. The molecule has 0 aromatic heterocycles. The number of nitrogens with zero attached hydrogens (tertiary/aromatic N) is 2. The van der Waals surface area contributed by atoms with Crippen molar-refractivity contribution < 1.29 is 19.2 Å². The zero-order valence-electron chi connectivity index (χ0n) is 15.5. The minimum absolute atomic E-state index is 0.0703. The predicted octanol–water partition coefficient (Wildman–Crippen LogP) is 2.80. The molecule has 3 rings (SSSR count). The largest absolute Gasteiger partial charge is 0.497 e. The van der Waals surface area contributed by atoms with Crippen LogP contribution in [0.3, 0.4) is 0 Å². The van der Waals surface area contributed by atoms with Gasteiger partial charge in [0, 0.05) is 36.2 Å². The molecule has 28 heavy (non-hydrogen) atoms. The average Bonchev–Trinajstić information content (AvgIpc) is 2.73. The second-order valence-electron chi connectivity index (χ2n) is 6.68. The highest BCUT2D eigenvalue weighted by Crippen LogP contribution is 2.33. The van der Waals surface area contributed by atoms with E-state index in [9.17, 15) is 19.7 Å². The van der Waals surface area contributed by atoms with Crippen LogP contribution >= 0.6 is 0 Å². The Hall–Kier alpha value is -3.42. The van der Waals surface area contributed by atoms with Crippen LogP contribution in [0.5, 0.6) is 5.75 Å². The molecule has 1 fully saturated rings. The summed E-state index contributed by atoms with van der Waals surface area (Å²) in [5.41, 5.74) is 6.23. The Labute approximate surface area is 162 Å². The lowest BCUT2D eigenvalue weighted by Crippen LogP contribution is -2.36. The summed E-state index contributed by atoms with van der Waals surface area (Å²) >= 11 is 0. The molecule has 1 aliphatic heterocycles. The number of nitrogens with two attached hydrogens (primary N) is 1. The third-order valence-electron chi connectivity index (χ3n) is 5.04. The van der Waals surface area contributed by atoms with Crippen molar-refractivity contribution in [1.82, 2.24) is 0 Å². The molecule has 0 unspecified atom stereocenters. The molecule has 0 saturated carbocycles. The third kappa shape index (κ3) is 3.95. The number of ketones is 1. The molecule has 2 N–H and O–H groups in total. The van der Waals surface area contributed by atoms with Crippen molar-refractivity contribution in [1.29, 1.82) is 0 Å². The van der Waals surface area contributed by atoms with E-state index < -0.39 is 10.8 Å². The molecule has 2 aromatic carbocycles. The van der Waals surface area contributed by atoms with Crippen LogP contribution in [0.4, 0.5) is 11.4 Å². The van der Waals surface area contributed by atoms with Crippen LogP contribution in [0.25, 0.3) is 0 Å². The summed E-state index contributed by atoms with van der Waals surface area (Å²) in [6, 6.07) is 11.2. The van der Waals surface area contributed by atoms with Crippen molar-refractivity contribution in [2.45, 2.75) is 12.8 Å². The Morgan fingerprint density at radius 2 is 1.71 bits per heavy atom. The zero-order chi connectivity index (χ0) is 20.3. The van der Waals surface area contributed by atoms with E-state index in [0.29, 0.717) is 42.9 Å². The van der Waals surface area contributed by atoms with E-state index in [1.807, 2.05) is 4.90 Å². The Kier molecular flexibility index (Phi) is 5.58. The summed E-state index contributed by atoms with van der Waals surface area (Å²) in [5.74, 6) is -0.0778. The normalized spacial score (nSPS) is 14.5. The van der Waals surface area contributed by atoms with Crippen molar-refractivity contribution in [3.8, 4) is 5.75 Å². The van der Waals surface area contributed by atoms with E-state index in [0.717, 1.165) is 0 Å². The van der Waals surface area contributed by atoms with Crippen LogP contribution in [0, 0.1) is 16.0 Å². The quantitative estimate of drug-likeness (QED) is 0.466. The number of amides is 1. The van der Waals surface area contributed by atoms with Gasteiger partial charge in [-0.05, 0) is 49.2 Å². The number of carbonyl (C=O) groups is 2. The predicted molar refractivity (Wildman–Crippen MR) is 104 cm³/mol. The molecule has 0 spiro atoms. The summed E-state index contributed by atoms with van der Waals surface area (Å²) in [5, 5.41) is 11.4. The van der Waals surface area contributed by atoms with Gasteiger partial charge >= 0.3 is 0 Å². The molecule has 2 aromatic rings. The number of primary amides is 1. The summed E-state index contributed by atoms with van der Waals surface area (Å²) in [4.78, 5) is 36.8. The Bertz CT molecular complexity index is 903. The number of hydrogen-bond acceptors (Lipinski definition) is 6. The van der Waals surface area contributed by atoms with E-state index in [1.165, 1.54) is 12.1 Å². The molecule has 0 bridgehead atoms. The fourth-order valence-electron chi connectivity index (χ4n) is 3.46. The van der Waals surface area contributed by atoms with Crippen LogP contribution in [0.15, 0.2) is 42.5 Å². The van der Waals surface area contributed by atoms with E-state index in [1.54, 1.807) is 37.4 Å². The molecule has 146 valence electrons. The van der Waals surface area contributed by atoms with Crippen molar-refractivity contribution in [3.63, 3.8) is 0 Å². The lowest BCUT2D eigenvalue weighted by molar-refractivity contribution is -0.384. The molecular formula is C20H21N3O5. The van der Waals surface area contributed by atoms with Crippen molar-refractivity contribution >= 4 is 23.1 Å². The maximum atomic E-state index is 12.7. The molecule has 1 saturated heterocycles. The molecule has 0 radical (unpaired) electrons. The van der Waals surface area contributed by atoms with Gasteiger partial charge in [0.05, 0.1) is 12.0 Å². The first kappa shape index (κ1) is 19.3. The van der Waals surface area contributed by atoms with Gasteiger partial charge in [-0.15, -0.1) is 0 Å². The number of nitro groups is 1. The average molecular weight is 383 g/mol. The first-order valence-corrected chi connectivity index (χ1v) is 8.92. The zero-order valence-corrected chi connectivity index (χ0v) is 15.5. The second kappa shape index (κ2) is 8.08. The monoisotopic (exact) mass is 383 g/mol. The highest BCUT2D eigenvalue weighted by atomic mass is 16.6. The van der Waals surface area contributed by atoms with Crippen LogP contribution < -0.4 is 15.4 Å². The molecule has 1 amide bonds. The topological polar surface area (TPSA) is 116 Å². The van der Waals surface area contributed by atoms with E-state index in [4.69, 9.17) is 10.5 Å². The maximum absolute atomic E-state index is 12.7. The first-order chi connectivity index (χ1) is 13.4. The highest BCUT2D eigenvalue weighted by molar-refractivity contribution is 5.98. The number of anilines is 1. The number of benzene rings is 2. The van der Waals surface area contributed by atoms with Gasteiger partial charge in [0.1, 0.15) is 11.4 Å². The molecule has 0 aliphatic carbocycles. The lowest BCUT2D eigenvalue weighted by atomic mass is 9.88. The molecule has 1 heterocycles. The molecule has 8 heteroatoms. The van der Waals surface area contributed by atoms with Crippen LogP contribution in [0.1, 0.15) is 33.6 Å². The Morgan fingerprint density at radius 3 is 2.25 bits per heavy atom. The summed E-state index contributed by atoms with van der Waals surface area (Å²) in [7, 11) is 1.57. The van der Waals surface area contributed by atoms with Crippen LogP contribution in [-0.2, 0) is 0 Å². The Balaban J connectivity index is 1.72. The van der Waals surface area contributed by atoms with Gasteiger partial charge < -0.3 is 15.4 Å². The number of rotatable bonds is 6. The highest BCUT2D eigenvalue weighted by Gasteiger charge is 2.29. The molecule has 8 nitrogen and oxygen atoms in total. The number of nitro benzene ring substituents is 1. The molecular weight excluding hydrogens is 362 g/mol. The SMILES string of the molecule is COc1ccc(C(=O)C2CCN(c3ccc(C(N)=O)cc3[N+](=O)[O-])CC2)cc1. The fraction of sp³-hybridized carbons (Fsp3) is 0.300. The maximum Gasteiger partial charge on any atom is 0.293 e. The number of Topliss-reactive ketones (excluding diaryl/α,β-unsaturated/α-hetero) is 1. The second-order valence-corrected chi connectivity index (χ2v) is 6.68. The van der Waals surface area contributed by atoms with E-state index >= 15 is 0 Å². The molecule has 0 atom stereocenters. The van der Waals surface area contributed by atoms with Gasteiger partial charge in [0.25, 0.3) is 5.69 Å². The van der Waals surface area contributed by atoms with Gasteiger partial charge in [0.15, 0.2) is 5.78 Å². The minimum atomic E-state index is -0.710. The molecule has 1 aliphatic rings. The fourth-order valence-corrected chi connectivity index (χ4v) is 3.46. The van der Waals surface area contributed by atoms with Crippen molar-refractivity contribution in [2.75, 3.05) is 25.1 Å². The van der Waals surface area contributed by atoms with Crippen LogP contribution in [0.2, 0.25) is 0 Å². The lowest BCUT2D eigenvalue weighted by Gasteiger charge is -2.32. The van der Waals surface area contributed by atoms with Gasteiger partial charge in [-0.3, -0.25) is 19.7 Å². The number of carbonyl (C=O) groups excluding carboxylic acids is 2. The van der Waals surface area contributed by atoms with Gasteiger partial charge in [0.2, 0.25) is 5.91 Å². The van der Waals surface area contributed by atoms with E-state index in [2.05, 4.69) is 0 Å². The summed E-state index contributed by atoms with van der Waals surface area (Å²) in [6.45, 7) is 1.03. The van der Waals surface area contributed by atoms with Crippen molar-refractivity contribution in [2.24, 2.45) is 11.7 Å². The summed E-state index contributed by atoms with van der Waals surface area (Å²) < 4.78 is 5.11. The minimum Gasteiger partial charge on any atom is -0.497 e.